The van der Waals surface area contributed by atoms with Crippen LogP contribution in [0.5, 0.6) is 0 Å². The lowest BCUT2D eigenvalue weighted by molar-refractivity contribution is -0.176. The zero-order chi connectivity index (χ0) is 16.8. The Morgan fingerprint density at radius 2 is 1.86 bits per heavy atom. The SMILES string of the molecule is CCOC(=O)C(F)(F)C(NCC(=O)N(C)C)c1ccccc1. The number of hydrogen-bond acceptors (Lipinski definition) is 4. The van der Waals surface area contributed by atoms with Crippen LogP contribution in [0.4, 0.5) is 8.78 Å². The van der Waals surface area contributed by atoms with Crippen LogP contribution in [0.2, 0.25) is 0 Å². The number of ether oxygens (including phenoxy) is 1. The number of nitrogens with zero attached hydrogens (tertiary/aromatic N) is 1. The van der Waals surface area contributed by atoms with Crippen molar-refractivity contribution >= 4 is 11.9 Å². The van der Waals surface area contributed by atoms with Crippen LogP contribution >= 0.6 is 0 Å². The molecule has 1 atom stereocenters. The Bertz CT molecular complexity index is 507. The first-order valence-corrected chi connectivity index (χ1v) is 6.84. The van der Waals surface area contributed by atoms with Crippen molar-refractivity contribution in [2.75, 3.05) is 27.2 Å². The molecule has 0 saturated carbocycles. The lowest BCUT2D eigenvalue weighted by atomic mass is 10.0. The topological polar surface area (TPSA) is 58.6 Å². The molecule has 1 aromatic rings. The summed E-state index contributed by atoms with van der Waals surface area (Å²) in [6.45, 7) is 0.989. The summed E-state index contributed by atoms with van der Waals surface area (Å²) in [6, 6.07) is 6.12. The lowest BCUT2D eigenvalue weighted by Gasteiger charge is -2.26. The van der Waals surface area contributed by atoms with Crippen molar-refractivity contribution in [3.8, 4) is 0 Å². The first-order chi connectivity index (χ1) is 10.3. The highest BCUT2D eigenvalue weighted by Crippen LogP contribution is 2.32. The minimum absolute atomic E-state index is 0.146. The summed E-state index contributed by atoms with van der Waals surface area (Å²) in [5.74, 6) is -5.78. The highest BCUT2D eigenvalue weighted by atomic mass is 19.3. The van der Waals surface area contributed by atoms with Gasteiger partial charge in [0.05, 0.1) is 13.2 Å². The Morgan fingerprint density at radius 1 is 1.27 bits per heavy atom. The number of benzene rings is 1. The minimum atomic E-state index is -3.79. The average molecular weight is 314 g/mol. The molecule has 0 spiro atoms. The van der Waals surface area contributed by atoms with Crippen molar-refractivity contribution in [3.05, 3.63) is 35.9 Å². The molecule has 0 saturated heterocycles. The van der Waals surface area contributed by atoms with Gasteiger partial charge in [-0.3, -0.25) is 10.1 Å². The molecule has 7 heteroatoms. The Balaban J connectivity index is 3.01. The monoisotopic (exact) mass is 314 g/mol. The highest BCUT2D eigenvalue weighted by molar-refractivity contribution is 5.80. The largest absolute Gasteiger partial charge is 0.462 e. The molecule has 0 fully saturated rings. The molecule has 0 aliphatic rings. The van der Waals surface area contributed by atoms with Gasteiger partial charge in [-0.25, -0.2) is 4.79 Å². The van der Waals surface area contributed by atoms with Crippen molar-refractivity contribution in [2.45, 2.75) is 18.9 Å². The maximum atomic E-state index is 14.3. The first-order valence-electron chi connectivity index (χ1n) is 6.84. The van der Waals surface area contributed by atoms with E-state index in [9.17, 15) is 18.4 Å². The second-order valence-corrected chi connectivity index (χ2v) is 4.86. The van der Waals surface area contributed by atoms with Gasteiger partial charge >= 0.3 is 11.9 Å². The van der Waals surface area contributed by atoms with E-state index in [1.807, 2.05) is 0 Å². The van der Waals surface area contributed by atoms with E-state index in [4.69, 9.17) is 0 Å². The molecule has 0 aliphatic heterocycles. The van der Waals surface area contributed by atoms with Crippen LogP contribution in [-0.4, -0.2) is 49.9 Å². The molecule has 1 amide bonds. The zero-order valence-electron chi connectivity index (χ0n) is 12.8. The molecule has 1 aromatic carbocycles. The molecule has 0 heterocycles. The summed E-state index contributed by atoms with van der Waals surface area (Å²) in [7, 11) is 3.04. The molecule has 5 nitrogen and oxygen atoms in total. The molecule has 0 radical (unpaired) electrons. The van der Waals surface area contributed by atoms with Gasteiger partial charge in [-0.1, -0.05) is 30.3 Å². The number of rotatable bonds is 7. The first kappa shape index (κ1) is 18.0. The molecular formula is C15H20F2N2O3. The fourth-order valence-corrected chi connectivity index (χ4v) is 1.79. The fraction of sp³-hybridized carbons (Fsp3) is 0.467. The maximum absolute atomic E-state index is 14.3. The van der Waals surface area contributed by atoms with E-state index in [1.165, 1.54) is 38.1 Å². The van der Waals surface area contributed by atoms with Crippen molar-refractivity contribution in [2.24, 2.45) is 0 Å². The molecule has 1 N–H and O–H groups in total. The van der Waals surface area contributed by atoms with E-state index in [0.29, 0.717) is 0 Å². The van der Waals surface area contributed by atoms with Gasteiger partial charge in [0.2, 0.25) is 5.91 Å². The van der Waals surface area contributed by atoms with Gasteiger partial charge in [0.15, 0.2) is 0 Å². The fourth-order valence-electron chi connectivity index (χ4n) is 1.79. The molecule has 1 unspecified atom stereocenters. The van der Waals surface area contributed by atoms with Crippen LogP contribution in [0, 0.1) is 0 Å². The van der Waals surface area contributed by atoms with E-state index >= 15 is 0 Å². The predicted octanol–water partition coefficient (Wildman–Crippen LogP) is 1.60. The van der Waals surface area contributed by atoms with E-state index < -0.39 is 17.9 Å². The summed E-state index contributed by atoms with van der Waals surface area (Å²) in [4.78, 5) is 24.4. The third kappa shape index (κ3) is 4.49. The number of hydrogen-bond donors (Lipinski definition) is 1. The third-order valence-corrected chi connectivity index (χ3v) is 3.00. The molecule has 0 aromatic heterocycles. The number of esters is 1. The van der Waals surface area contributed by atoms with Gasteiger partial charge in [0, 0.05) is 14.1 Å². The van der Waals surface area contributed by atoms with E-state index in [0.717, 1.165) is 0 Å². The molecule has 122 valence electrons. The third-order valence-electron chi connectivity index (χ3n) is 3.00. The van der Waals surface area contributed by atoms with E-state index in [-0.39, 0.29) is 24.6 Å². The van der Waals surface area contributed by atoms with Gasteiger partial charge in [0.25, 0.3) is 0 Å². The summed E-state index contributed by atoms with van der Waals surface area (Å²) >= 11 is 0. The number of nitrogens with one attached hydrogen (secondary N) is 1. The highest BCUT2D eigenvalue weighted by Gasteiger charge is 2.49. The minimum Gasteiger partial charge on any atom is -0.462 e. The van der Waals surface area contributed by atoms with Gasteiger partial charge < -0.3 is 9.64 Å². The van der Waals surface area contributed by atoms with Crippen LogP contribution in [0.15, 0.2) is 30.3 Å². The Hall–Kier alpha value is -2.02. The number of likely N-dealkylation sites (N-methyl/N-ethyl adjacent to an activating group) is 1. The molecular weight excluding hydrogens is 294 g/mol. The summed E-state index contributed by atoms with van der Waals surface area (Å²) in [5, 5.41) is 2.45. The summed E-state index contributed by atoms with van der Waals surface area (Å²) in [5.41, 5.74) is 0.201. The second kappa shape index (κ2) is 7.84. The lowest BCUT2D eigenvalue weighted by Crippen LogP contribution is -2.47. The number of amides is 1. The number of carbonyl (C=O) groups is 2. The predicted molar refractivity (Wildman–Crippen MR) is 77.5 cm³/mol. The zero-order valence-corrected chi connectivity index (χ0v) is 12.8. The smallest absolute Gasteiger partial charge is 0.379 e. The number of halogens is 2. The molecule has 1 rings (SSSR count). The van der Waals surface area contributed by atoms with Crippen molar-refractivity contribution in [3.63, 3.8) is 0 Å². The van der Waals surface area contributed by atoms with Crippen molar-refractivity contribution < 1.29 is 23.1 Å². The summed E-state index contributed by atoms with van der Waals surface area (Å²) in [6.07, 6.45) is 0. The Morgan fingerprint density at radius 3 is 2.36 bits per heavy atom. The van der Waals surface area contributed by atoms with E-state index in [1.54, 1.807) is 18.2 Å². The Labute approximate surface area is 128 Å². The van der Waals surface area contributed by atoms with Crippen LogP contribution in [0.3, 0.4) is 0 Å². The van der Waals surface area contributed by atoms with Gasteiger partial charge in [-0.05, 0) is 12.5 Å². The van der Waals surface area contributed by atoms with Crippen LogP contribution in [-0.2, 0) is 14.3 Å². The average Bonchev–Trinajstić information content (AvgIpc) is 2.48. The quantitative estimate of drug-likeness (QED) is 0.777. The van der Waals surface area contributed by atoms with E-state index in [2.05, 4.69) is 10.1 Å². The normalized spacial score (nSPS) is 12.6. The second-order valence-electron chi connectivity index (χ2n) is 4.86. The van der Waals surface area contributed by atoms with Crippen LogP contribution < -0.4 is 5.32 Å². The van der Waals surface area contributed by atoms with Crippen LogP contribution in [0.1, 0.15) is 18.5 Å². The van der Waals surface area contributed by atoms with Gasteiger partial charge in [-0.2, -0.15) is 8.78 Å². The Kier molecular flexibility index (Phi) is 6.42. The van der Waals surface area contributed by atoms with Crippen molar-refractivity contribution in [1.29, 1.82) is 0 Å². The van der Waals surface area contributed by atoms with Gasteiger partial charge in [-0.15, -0.1) is 0 Å². The summed E-state index contributed by atoms with van der Waals surface area (Å²) < 4.78 is 33.1. The maximum Gasteiger partial charge on any atom is 0.379 e. The van der Waals surface area contributed by atoms with Crippen LogP contribution in [0.25, 0.3) is 0 Å². The van der Waals surface area contributed by atoms with Crippen molar-refractivity contribution in [1.82, 2.24) is 10.2 Å². The standard InChI is InChI=1S/C15H20F2N2O3/c1-4-22-14(21)15(16,17)13(11-8-6-5-7-9-11)18-10-12(20)19(2)3/h5-9,13,18H,4,10H2,1-3H3. The number of alkyl halides is 2. The number of carbonyl (C=O) groups excluding carboxylic acids is 2. The molecule has 22 heavy (non-hydrogen) atoms. The molecule has 0 bridgehead atoms. The van der Waals surface area contributed by atoms with Gasteiger partial charge in [0.1, 0.15) is 6.04 Å². The molecule has 0 aliphatic carbocycles.